The number of ketones is 1. The van der Waals surface area contributed by atoms with Gasteiger partial charge in [-0.1, -0.05) is 26.7 Å². The van der Waals surface area contributed by atoms with Crippen molar-refractivity contribution in [1.82, 2.24) is 0 Å². The molecule has 1 aromatic carbocycles. The Morgan fingerprint density at radius 2 is 1.72 bits per heavy atom. The fourth-order valence-electron chi connectivity index (χ4n) is 1.78. The molecular weight excluding hydrogens is 238 g/mol. The second kappa shape index (κ2) is 7.09. The monoisotopic (exact) mass is 256 g/mol. The molecule has 0 radical (unpaired) electrons. The maximum atomic E-state index is 12.0. The molecule has 0 aliphatic heterocycles. The highest BCUT2D eigenvalue weighted by molar-refractivity contribution is 5.96. The molecule has 0 saturated carbocycles. The van der Waals surface area contributed by atoms with Crippen LogP contribution in [0.2, 0.25) is 0 Å². The summed E-state index contributed by atoms with van der Waals surface area (Å²) in [7, 11) is 0. The lowest BCUT2D eigenvalue weighted by molar-refractivity contribution is -0.0498. The number of alkyl halides is 2. The minimum absolute atomic E-state index is 0.0484. The SMILES string of the molecule is CCC(CC)CC(=O)c1ccc(OC(F)F)cc1. The molecule has 0 saturated heterocycles. The third kappa shape index (κ3) is 4.43. The molecule has 0 atom stereocenters. The minimum Gasteiger partial charge on any atom is -0.435 e. The van der Waals surface area contributed by atoms with Crippen LogP contribution in [0.3, 0.4) is 0 Å². The van der Waals surface area contributed by atoms with Crippen LogP contribution in [0.4, 0.5) is 8.78 Å². The second-order valence-electron chi connectivity index (χ2n) is 4.21. The molecule has 0 unspecified atom stereocenters. The van der Waals surface area contributed by atoms with Crippen molar-refractivity contribution in [3.63, 3.8) is 0 Å². The van der Waals surface area contributed by atoms with Gasteiger partial charge < -0.3 is 4.74 Å². The molecule has 0 aromatic heterocycles. The number of halogens is 2. The zero-order valence-electron chi connectivity index (χ0n) is 10.7. The molecule has 0 fully saturated rings. The normalized spacial score (nSPS) is 11.0. The lowest BCUT2D eigenvalue weighted by atomic mass is 9.94. The fourth-order valence-corrected chi connectivity index (χ4v) is 1.78. The first-order chi connectivity index (χ1) is 8.56. The number of carbonyl (C=O) groups excluding carboxylic acids is 1. The number of carbonyl (C=O) groups is 1. The largest absolute Gasteiger partial charge is 0.435 e. The summed E-state index contributed by atoms with van der Waals surface area (Å²) in [6, 6.07) is 5.85. The van der Waals surface area contributed by atoms with Crippen LogP contribution in [-0.2, 0) is 0 Å². The van der Waals surface area contributed by atoms with Crippen molar-refractivity contribution in [3.8, 4) is 5.75 Å². The average molecular weight is 256 g/mol. The molecule has 0 spiro atoms. The number of hydrogen-bond donors (Lipinski definition) is 0. The first kappa shape index (κ1) is 14.6. The number of Topliss-reactive ketones (excluding diaryl/α,β-unsaturated/α-hetero) is 1. The summed E-state index contributed by atoms with van der Waals surface area (Å²) in [6.07, 6.45) is 2.44. The van der Waals surface area contributed by atoms with Crippen LogP contribution in [0.25, 0.3) is 0 Å². The van der Waals surface area contributed by atoms with E-state index in [0.29, 0.717) is 17.9 Å². The third-order valence-corrected chi connectivity index (χ3v) is 3.03. The summed E-state index contributed by atoms with van der Waals surface area (Å²) in [5.41, 5.74) is 0.545. The number of ether oxygens (including phenoxy) is 1. The van der Waals surface area contributed by atoms with Crippen molar-refractivity contribution in [1.29, 1.82) is 0 Å². The zero-order chi connectivity index (χ0) is 13.5. The standard InChI is InChI=1S/C14H18F2O2/c1-3-10(4-2)9-13(17)11-5-7-12(8-6-11)18-14(15)16/h5-8,10,14H,3-4,9H2,1-2H3. The smallest absolute Gasteiger partial charge is 0.387 e. The van der Waals surface area contributed by atoms with Gasteiger partial charge in [-0.2, -0.15) is 8.78 Å². The van der Waals surface area contributed by atoms with Crippen molar-refractivity contribution in [2.75, 3.05) is 0 Å². The first-order valence-electron chi connectivity index (χ1n) is 6.14. The van der Waals surface area contributed by atoms with E-state index < -0.39 is 6.61 Å². The maximum Gasteiger partial charge on any atom is 0.387 e. The minimum atomic E-state index is -2.84. The van der Waals surface area contributed by atoms with Gasteiger partial charge in [-0.15, -0.1) is 0 Å². The van der Waals surface area contributed by atoms with E-state index >= 15 is 0 Å². The van der Waals surface area contributed by atoms with Crippen LogP contribution < -0.4 is 4.74 Å². The molecule has 0 bridgehead atoms. The van der Waals surface area contributed by atoms with Gasteiger partial charge in [0.25, 0.3) is 0 Å². The van der Waals surface area contributed by atoms with Crippen molar-refractivity contribution in [2.45, 2.75) is 39.7 Å². The van der Waals surface area contributed by atoms with Crippen molar-refractivity contribution in [3.05, 3.63) is 29.8 Å². The van der Waals surface area contributed by atoms with E-state index in [1.54, 1.807) is 0 Å². The maximum absolute atomic E-state index is 12.0. The van der Waals surface area contributed by atoms with Crippen molar-refractivity contribution >= 4 is 5.78 Å². The number of rotatable bonds is 7. The second-order valence-corrected chi connectivity index (χ2v) is 4.21. The Labute approximate surface area is 106 Å². The van der Waals surface area contributed by atoms with Crippen LogP contribution in [0.15, 0.2) is 24.3 Å². The molecule has 4 heteroatoms. The van der Waals surface area contributed by atoms with Crippen molar-refractivity contribution in [2.24, 2.45) is 5.92 Å². The number of benzene rings is 1. The zero-order valence-corrected chi connectivity index (χ0v) is 10.7. The Balaban J connectivity index is 2.64. The van der Waals surface area contributed by atoms with Gasteiger partial charge >= 0.3 is 6.61 Å². The van der Waals surface area contributed by atoms with Gasteiger partial charge in [-0.05, 0) is 30.2 Å². The summed E-state index contributed by atoms with van der Waals surface area (Å²) < 4.78 is 28.1. The van der Waals surface area contributed by atoms with Crippen LogP contribution in [0.5, 0.6) is 5.75 Å². The van der Waals surface area contributed by atoms with Gasteiger partial charge in [0.2, 0.25) is 0 Å². The van der Waals surface area contributed by atoms with Crippen LogP contribution in [-0.4, -0.2) is 12.4 Å². The van der Waals surface area contributed by atoms with E-state index in [-0.39, 0.29) is 11.5 Å². The highest BCUT2D eigenvalue weighted by atomic mass is 19.3. The van der Waals surface area contributed by atoms with E-state index in [9.17, 15) is 13.6 Å². The van der Waals surface area contributed by atoms with Gasteiger partial charge in [0.05, 0.1) is 0 Å². The number of hydrogen-bond acceptors (Lipinski definition) is 2. The van der Waals surface area contributed by atoms with E-state index in [4.69, 9.17) is 0 Å². The molecule has 0 amide bonds. The van der Waals surface area contributed by atoms with Gasteiger partial charge in [-0.25, -0.2) is 0 Å². The molecule has 18 heavy (non-hydrogen) atoms. The molecule has 0 heterocycles. The molecule has 1 rings (SSSR count). The summed E-state index contributed by atoms with van der Waals surface area (Å²) in [6.45, 7) is 1.28. The molecule has 2 nitrogen and oxygen atoms in total. The quantitative estimate of drug-likeness (QED) is 0.680. The molecule has 1 aromatic rings. The Hall–Kier alpha value is -1.45. The van der Waals surface area contributed by atoms with Crippen LogP contribution in [0.1, 0.15) is 43.5 Å². The first-order valence-corrected chi connectivity index (χ1v) is 6.14. The summed E-state index contributed by atoms with van der Waals surface area (Å²) >= 11 is 0. The summed E-state index contributed by atoms with van der Waals surface area (Å²) in [5, 5.41) is 0. The Kier molecular flexibility index (Phi) is 5.75. The molecule has 0 aliphatic carbocycles. The highest BCUT2D eigenvalue weighted by Crippen LogP contribution is 2.19. The lowest BCUT2D eigenvalue weighted by Gasteiger charge is -2.11. The topological polar surface area (TPSA) is 26.3 Å². The Morgan fingerprint density at radius 1 is 1.17 bits per heavy atom. The highest BCUT2D eigenvalue weighted by Gasteiger charge is 2.12. The third-order valence-electron chi connectivity index (χ3n) is 3.03. The van der Waals surface area contributed by atoms with Crippen molar-refractivity contribution < 1.29 is 18.3 Å². The van der Waals surface area contributed by atoms with E-state index in [2.05, 4.69) is 18.6 Å². The Morgan fingerprint density at radius 3 is 2.17 bits per heavy atom. The van der Waals surface area contributed by atoms with E-state index in [0.717, 1.165) is 12.8 Å². The Bertz CT molecular complexity index is 370. The van der Waals surface area contributed by atoms with Gasteiger partial charge in [-0.3, -0.25) is 4.79 Å². The summed E-state index contributed by atoms with van der Waals surface area (Å²) in [4.78, 5) is 11.9. The lowest BCUT2D eigenvalue weighted by Crippen LogP contribution is -2.08. The summed E-state index contributed by atoms with van der Waals surface area (Å²) in [5.74, 6) is 0.505. The fraction of sp³-hybridized carbons (Fsp3) is 0.500. The predicted molar refractivity (Wildman–Crippen MR) is 66.1 cm³/mol. The van der Waals surface area contributed by atoms with Gasteiger partial charge in [0, 0.05) is 12.0 Å². The van der Waals surface area contributed by atoms with E-state index in [1.807, 2.05) is 0 Å². The molecule has 0 N–H and O–H groups in total. The van der Waals surface area contributed by atoms with Gasteiger partial charge in [0.15, 0.2) is 5.78 Å². The molecule has 0 aliphatic rings. The van der Waals surface area contributed by atoms with Crippen LogP contribution >= 0.6 is 0 Å². The van der Waals surface area contributed by atoms with E-state index in [1.165, 1.54) is 24.3 Å². The predicted octanol–water partition coefficient (Wildman–Crippen LogP) is 4.30. The molecular formula is C14H18F2O2. The van der Waals surface area contributed by atoms with Gasteiger partial charge in [0.1, 0.15) is 5.75 Å². The average Bonchev–Trinajstić information content (AvgIpc) is 2.35. The molecule has 100 valence electrons. The van der Waals surface area contributed by atoms with Crippen LogP contribution in [0, 0.1) is 5.92 Å².